The molecule has 5 heteroatoms. The first-order valence-electron chi connectivity index (χ1n) is 7.36. The quantitative estimate of drug-likeness (QED) is 0.897. The van der Waals surface area contributed by atoms with Gasteiger partial charge in [-0.3, -0.25) is 4.79 Å². The van der Waals surface area contributed by atoms with Crippen molar-refractivity contribution in [1.82, 2.24) is 4.90 Å². The molecule has 1 aromatic rings. The molecule has 0 aromatic heterocycles. The lowest BCUT2D eigenvalue weighted by Crippen LogP contribution is -2.43. The van der Waals surface area contributed by atoms with Crippen LogP contribution in [0.25, 0.3) is 0 Å². The molecule has 5 nitrogen and oxygen atoms in total. The number of amides is 1. The Kier molecular flexibility index (Phi) is 5.59. The summed E-state index contributed by atoms with van der Waals surface area (Å²) in [7, 11) is 3.28. The Bertz CT molecular complexity index is 478. The van der Waals surface area contributed by atoms with E-state index in [0.29, 0.717) is 19.6 Å². The Balaban J connectivity index is 2.39. The molecule has 2 rings (SSSR count). The molecule has 2 atom stereocenters. The second kappa shape index (κ2) is 7.43. The van der Waals surface area contributed by atoms with Gasteiger partial charge in [0.15, 0.2) is 0 Å². The Labute approximate surface area is 126 Å². The monoisotopic (exact) mass is 292 g/mol. The number of carbonyl (C=O) groups is 1. The van der Waals surface area contributed by atoms with Gasteiger partial charge in [-0.1, -0.05) is 18.2 Å². The molecule has 0 bridgehead atoms. The normalized spacial score (nSPS) is 23.0. The SMILES string of the molecule is COCCN1C(=O)CCCC(N)C1c1ccccc1OC. The lowest BCUT2D eigenvalue weighted by atomic mass is 9.95. The summed E-state index contributed by atoms with van der Waals surface area (Å²) in [6.45, 7) is 1.05. The zero-order valence-corrected chi connectivity index (χ0v) is 12.7. The second-order valence-corrected chi connectivity index (χ2v) is 5.32. The predicted octanol–water partition coefficient (Wildman–Crippen LogP) is 1.72. The molecular weight excluding hydrogens is 268 g/mol. The van der Waals surface area contributed by atoms with Gasteiger partial charge in [-0.05, 0) is 18.9 Å². The van der Waals surface area contributed by atoms with Gasteiger partial charge in [0, 0.05) is 31.7 Å². The molecule has 2 N–H and O–H groups in total. The summed E-state index contributed by atoms with van der Waals surface area (Å²) >= 11 is 0. The molecule has 1 aromatic carbocycles. The van der Waals surface area contributed by atoms with Crippen molar-refractivity contribution in [2.24, 2.45) is 5.73 Å². The lowest BCUT2D eigenvalue weighted by Gasteiger charge is -2.34. The topological polar surface area (TPSA) is 64.8 Å². The number of hydrogen-bond donors (Lipinski definition) is 1. The molecule has 0 saturated carbocycles. The van der Waals surface area contributed by atoms with Gasteiger partial charge in [0.05, 0.1) is 19.8 Å². The summed E-state index contributed by atoms with van der Waals surface area (Å²) in [5.41, 5.74) is 7.34. The van der Waals surface area contributed by atoms with E-state index in [1.165, 1.54) is 0 Å². The van der Waals surface area contributed by atoms with E-state index < -0.39 is 0 Å². The number of methoxy groups -OCH3 is 2. The Hall–Kier alpha value is -1.59. The highest BCUT2D eigenvalue weighted by molar-refractivity contribution is 5.77. The van der Waals surface area contributed by atoms with Crippen molar-refractivity contribution in [3.8, 4) is 5.75 Å². The number of ether oxygens (including phenoxy) is 2. The van der Waals surface area contributed by atoms with Crippen LogP contribution in [0.4, 0.5) is 0 Å². The number of nitrogens with two attached hydrogens (primary N) is 1. The van der Waals surface area contributed by atoms with E-state index in [2.05, 4.69) is 0 Å². The van der Waals surface area contributed by atoms with E-state index in [1.807, 2.05) is 29.2 Å². The van der Waals surface area contributed by atoms with Crippen molar-refractivity contribution in [2.45, 2.75) is 31.3 Å². The van der Waals surface area contributed by atoms with E-state index in [0.717, 1.165) is 24.2 Å². The zero-order valence-electron chi connectivity index (χ0n) is 12.7. The van der Waals surface area contributed by atoms with Crippen LogP contribution in [-0.2, 0) is 9.53 Å². The van der Waals surface area contributed by atoms with Crippen molar-refractivity contribution in [3.05, 3.63) is 29.8 Å². The molecule has 0 aliphatic carbocycles. The van der Waals surface area contributed by atoms with Crippen molar-refractivity contribution in [3.63, 3.8) is 0 Å². The Morgan fingerprint density at radius 3 is 2.81 bits per heavy atom. The highest BCUT2D eigenvalue weighted by Crippen LogP contribution is 2.35. The number of nitrogens with zero attached hydrogens (tertiary/aromatic N) is 1. The molecule has 1 aliphatic rings. The van der Waals surface area contributed by atoms with Crippen molar-refractivity contribution < 1.29 is 14.3 Å². The van der Waals surface area contributed by atoms with Crippen LogP contribution in [0.15, 0.2) is 24.3 Å². The van der Waals surface area contributed by atoms with Crippen LogP contribution < -0.4 is 10.5 Å². The molecule has 116 valence electrons. The summed E-state index contributed by atoms with van der Waals surface area (Å²) in [6, 6.07) is 7.52. The third kappa shape index (κ3) is 3.54. The molecule has 2 unspecified atom stereocenters. The second-order valence-electron chi connectivity index (χ2n) is 5.32. The number of para-hydroxylation sites is 1. The fourth-order valence-corrected chi connectivity index (χ4v) is 2.94. The van der Waals surface area contributed by atoms with Crippen molar-refractivity contribution in [1.29, 1.82) is 0 Å². The van der Waals surface area contributed by atoms with E-state index in [9.17, 15) is 4.79 Å². The van der Waals surface area contributed by atoms with Crippen molar-refractivity contribution >= 4 is 5.91 Å². The molecule has 0 radical (unpaired) electrons. The van der Waals surface area contributed by atoms with Gasteiger partial charge >= 0.3 is 0 Å². The van der Waals surface area contributed by atoms with Crippen LogP contribution in [0.1, 0.15) is 30.9 Å². The van der Waals surface area contributed by atoms with E-state index in [4.69, 9.17) is 15.2 Å². The van der Waals surface area contributed by atoms with Gasteiger partial charge in [0.1, 0.15) is 5.75 Å². The maximum atomic E-state index is 12.4. The number of rotatable bonds is 5. The molecular formula is C16H24N2O3. The number of likely N-dealkylation sites (tertiary alicyclic amines) is 1. The lowest BCUT2D eigenvalue weighted by molar-refractivity contribution is -0.134. The van der Waals surface area contributed by atoms with E-state index in [-0.39, 0.29) is 18.0 Å². The van der Waals surface area contributed by atoms with Crippen molar-refractivity contribution in [2.75, 3.05) is 27.4 Å². The summed E-state index contributed by atoms with van der Waals surface area (Å²) in [5, 5.41) is 0. The summed E-state index contributed by atoms with van der Waals surface area (Å²) in [5.74, 6) is 0.908. The highest BCUT2D eigenvalue weighted by atomic mass is 16.5. The maximum Gasteiger partial charge on any atom is 0.223 e. The van der Waals surface area contributed by atoms with Crippen LogP contribution in [0.5, 0.6) is 5.75 Å². The molecule has 1 fully saturated rings. The van der Waals surface area contributed by atoms with Crippen LogP contribution in [0.2, 0.25) is 0 Å². The van der Waals surface area contributed by atoms with E-state index in [1.54, 1.807) is 14.2 Å². The smallest absolute Gasteiger partial charge is 0.223 e. The van der Waals surface area contributed by atoms with Crippen LogP contribution in [0, 0.1) is 0 Å². The molecule has 1 saturated heterocycles. The van der Waals surface area contributed by atoms with Gasteiger partial charge < -0.3 is 20.1 Å². The van der Waals surface area contributed by atoms with Gasteiger partial charge in [-0.2, -0.15) is 0 Å². The minimum atomic E-state index is -0.161. The van der Waals surface area contributed by atoms with Gasteiger partial charge in [-0.25, -0.2) is 0 Å². The molecule has 1 heterocycles. The number of hydrogen-bond acceptors (Lipinski definition) is 4. The average molecular weight is 292 g/mol. The summed E-state index contributed by atoms with van der Waals surface area (Å²) < 4.78 is 10.6. The fourth-order valence-electron chi connectivity index (χ4n) is 2.94. The Morgan fingerprint density at radius 1 is 1.33 bits per heavy atom. The predicted molar refractivity (Wildman–Crippen MR) is 81.2 cm³/mol. The van der Waals surface area contributed by atoms with Gasteiger partial charge in [0.25, 0.3) is 0 Å². The summed E-state index contributed by atoms with van der Waals surface area (Å²) in [4.78, 5) is 14.3. The minimum absolute atomic E-state index is 0.0930. The molecule has 0 spiro atoms. The first kappa shape index (κ1) is 15.8. The number of benzene rings is 1. The van der Waals surface area contributed by atoms with Crippen LogP contribution in [-0.4, -0.2) is 44.2 Å². The standard InChI is InChI=1S/C16H24N2O3/c1-20-11-10-18-15(19)9-5-7-13(17)16(18)12-6-3-4-8-14(12)21-2/h3-4,6,8,13,16H,5,7,9-11,17H2,1-2H3. The first-order valence-corrected chi connectivity index (χ1v) is 7.36. The third-order valence-corrected chi connectivity index (χ3v) is 3.98. The van der Waals surface area contributed by atoms with Gasteiger partial charge in [0.2, 0.25) is 5.91 Å². The van der Waals surface area contributed by atoms with Crippen LogP contribution in [0.3, 0.4) is 0 Å². The molecule has 1 aliphatic heterocycles. The highest BCUT2D eigenvalue weighted by Gasteiger charge is 2.34. The minimum Gasteiger partial charge on any atom is -0.496 e. The third-order valence-electron chi connectivity index (χ3n) is 3.98. The number of carbonyl (C=O) groups excluding carboxylic acids is 1. The summed E-state index contributed by atoms with van der Waals surface area (Å²) in [6.07, 6.45) is 2.20. The fraction of sp³-hybridized carbons (Fsp3) is 0.562. The average Bonchev–Trinajstić information content (AvgIpc) is 2.64. The van der Waals surface area contributed by atoms with Crippen LogP contribution >= 0.6 is 0 Å². The Morgan fingerprint density at radius 2 is 2.10 bits per heavy atom. The molecule has 1 amide bonds. The first-order chi connectivity index (χ1) is 10.2. The zero-order chi connectivity index (χ0) is 15.2. The molecule has 21 heavy (non-hydrogen) atoms. The van der Waals surface area contributed by atoms with E-state index >= 15 is 0 Å². The largest absolute Gasteiger partial charge is 0.496 e. The van der Waals surface area contributed by atoms with Gasteiger partial charge in [-0.15, -0.1) is 0 Å². The maximum absolute atomic E-state index is 12.4.